The number of nitrogens with one attached hydrogen (secondary N) is 1. The molecule has 0 fully saturated rings. The zero-order chi connectivity index (χ0) is 23.4. The van der Waals surface area contributed by atoms with Crippen LogP contribution in [0, 0.1) is 13.8 Å². The molecule has 0 atom stereocenters. The molecule has 1 aromatic heterocycles. The van der Waals surface area contributed by atoms with E-state index in [1.807, 2.05) is 39.8 Å². The van der Waals surface area contributed by atoms with Crippen LogP contribution in [0.15, 0.2) is 48.5 Å². The summed E-state index contributed by atoms with van der Waals surface area (Å²) in [7, 11) is 1.68. The maximum atomic E-state index is 12.6. The summed E-state index contributed by atoms with van der Waals surface area (Å²) in [5, 5.41) is 8.04. The third kappa shape index (κ3) is 5.48. The first-order valence-corrected chi connectivity index (χ1v) is 10.7. The Balaban J connectivity index is 1.67. The molecule has 3 rings (SSSR count). The van der Waals surface area contributed by atoms with E-state index >= 15 is 0 Å². The summed E-state index contributed by atoms with van der Waals surface area (Å²) >= 11 is 5.97. The summed E-state index contributed by atoms with van der Waals surface area (Å²) in [5.74, 6) is 0.0299. The molecule has 0 aliphatic heterocycles. The molecular formula is C24H27ClN4O3. The van der Waals surface area contributed by atoms with Crippen LogP contribution in [-0.4, -0.2) is 34.9 Å². The molecule has 0 saturated heterocycles. The molecule has 0 saturated carbocycles. The van der Waals surface area contributed by atoms with Gasteiger partial charge in [-0.25, -0.2) is 9.48 Å². The predicted molar refractivity (Wildman–Crippen MR) is 126 cm³/mol. The number of urea groups is 1. The maximum Gasteiger partial charge on any atom is 0.321 e. The number of hydrogen-bond acceptors (Lipinski definition) is 4. The van der Waals surface area contributed by atoms with Gasteiger partial charge in [-0.15, -0.1) is 0 Å². The van der Waals surface area contributed by atoms with Crippen LogP contribution in [0.4, 0.5) is 10.5 Å². The van der Waals surface area contributed by atoms with E-state index < -0.39 is 0 Å². The molecule has 1 N–H and O–H groups in total. The Morgan fingerprint density at radius 1 is 1.09 bits per heavy atom. The Labute approximate surface area is 192 Å². The molecule has 0 aliphatic rings. The smallest absolute Gasteiger partial charge is 0.321 e. The van der Waals surface area contributed by atoms with Crippen LogP contribution in [0.5, 0.6) is 5.75 Å². The molecule has 0 radical (unpaired) electrons. The molecule has 1 heterocycles. The minimum atomic E-state index is -0.384. The lowest BCUT2D eigenvalue weighted by molar-refractivity contribution is -0.133. The van der Waals surface area contributed by atoms with Crippen molar-refractivity contribution in [2.75, 3.05) is 11.9 Å². The van der Waals surface area contributed by atoms with Crippen LogP contribution in [-0.2, 0) is 11.2 Å². The maximum absolute atomic E-state index is 12.6. The van der Waals surface area contributed by atoms with E-state index in [0.717, 1.165) is 22.6 Å². The molecule has 0 unspecified atom stereocenters. The van der Waals surface area contributed by atoms with Gasteiger partial charge in [-0.2, -0.15) is 5.10 Å². The molecule has 0 aliphatic carbocycles. The quantitative estimate of drug-likeness (QED) is 0.427. The number of rotatable bonds is 6. The van der Waals surface area contributed by atoms with Gasteiger partial charge in [0.2, 0.25) is 0 Å². The number of aromatic nitrogens is 2. The first-order valence-electron chi connectivity index (χ1n) is 10.3. The summed E-state index contributed by atoms with van der Waals surface area (Å²) in [6, 6.07) is 14.0. The molecule has 0 bridgehead atoms. The standard InChI is InChI=1S/C24H27ClN4O3/c1-15(2)26-24(31)28(5)19-10-12-21(13-11-19)32-23(30)14-22-16(3)27-29(17(22)4)20-8-6-18(25)7-9-20/h6-13,15H,14H2,1-5H3,(H,26,31). The molecule has 3 aromatic rings. The fourth-order valence-corrected chi connectivity index (χ4v) is 3.40. The summed E-state index contributed by atoms with van der Waals surface area (Å²) in [5.41, 5.74) is 4.03. The molecule has 168 valence electrons. The number of aryl methyl sites for hydroxylation is 1. The first kappa shape index (κ1) is 23.3. The molecule has 8 heteroatoms. The van der Waals surface area contributed by atoms with Gasteiger partial charge in [0.25, 0.3) is 0 Å². The predicted octanol–water partition coefficient (Wildman–Crippen LogP) is 4.84. The van der Waals surface area contributed by atoms with Crippen LogP contribution in [0.3, 0.4) is 0 Å². The average molecular weight is 455 g/mol. The summed E-state index contributed by atoms with van der Waals surface area (Å²) in [6.07, 6.45) is 0.101. The van der Waals surface area contributed by atoms with E-state index in [0.29, 0.717) is 16.5 Å². The van der Waals surface area contributed by atoms with Crippen molar-refractivity contribution >= 4 is 29.3 Å². The van der Waals surface area contributed by atoms with E-state index in [2.05, 4.69) is 10.4 Å². The van der Waals surface area contributed by atoms with E-state index in [1.165, 1.54) is 4.90 Å². The highest BCUT2D eigenvalue weighted by Gasteiger charge is 2.18. The first-order chi connectivity index (χ1) is 15.2. The molecule has 7 nitrogen and oxygen atoms in total. The van der Waals surface area contributed by atoms with Crippen molar-refractivity contribution < 1.29 is 14.3 Å². The van der Waals surface area contributed by atoms with Crippen molar-refractivity contribution in [1.82, 2.24) is 15.1 Å². The number of carbonyl (C=O) groups excluding carboxylic acids is 2. The Hall–Kier alpha value is -3.32. The zero-order valence-electron chi connectivity index (χ0n) is 18.8. The summed E-state index contributed by atoms with van der Waals surface area (Å²) in [4.78, 5) is 26.2. The molecule has 32 heavy (non-hydrogen) atoms. The highest BCUT2D eigenvalue weighted by atomic mass is 35.5. The van der Waals surface area contributed by atoms with Gasteiger partial charge in [0.05, 0.1) is 17.8 Å². The minimum Gasteiger partial charge on any atom is -0.426 e. The third-order valence-corrected chi connectivity index (χ3v) is 5.26. The fraction of sp³-hybridized carbons (Fsp3) is 0.292. The van der Waals surface area contributed by atoms with E-state index in [1.54, 1.807) is 48.1 Å². The van der Waals surface area contributed by atoms with E-state index in [4.69, 9.17) is 16.3 Å². The van der Waals surface area contributed by atoms with Gasteiger partial charge in [0.1, 0.15) is 5.75 Å². The lowest BCUT2D eigenvalue weighted by atomic mass is 10.1. The van der Waals surface area contributed by atoms with Crippen LogP contribution in [0.1, 0.15) is 30.8 Å². The number of amides is 2. The SMILES string of the molecule is Cc1nn(-c2ccc(Cl)cc2)c(C)c1CC(=O)Oc1ccc(N(C)C(=O)NC(C)C)cc1. The Bertz CT molecular complexity index is 1110. The van der Waals surface area contributed by atoms with Gasteiger partial charge in [-0.1, -0.05) is 11.6 Å². The number of halogens is 1. The average Bonchev–Trinajstić information content (AvgIpc) is 3.02. The summed E-state index contributed by atoms with van der Waals surface area (Å²) in [6.45, 7) is 7.59. The zero-order valence-corrected chi connectivity index (χ0v) is 19.6. The highest BCUT2D eigenvalue weighted by molar-refractivity contribution is 6.30. The monoisotopic (exact) mass is 454 g/mol. The van der Waals surface area contributed by atoms with Gasteiger partial charge in [0.15, 0.2) is 0 Å². The van der Waals surface area contributed by atoms with Crippen LogP contribution >= 0.6 is 11.6 Å². The van der Waals surface area contributed by atoms with Crippen molar-refractivity contribution in [2.24, 2.45) is 0 Å². The van der Waals surface area contributed by atoms with Crippen molar-refractivity contribution in [2.45, 2.75) is 40.2 Å². The van der Waals surface area contributed by atoms with Crippen LogP contribution in [0.2, 0.25) is 5.02 Å². The number of carbonyl (C=O) groups is 2. The van der Waals surface area contributed by atoms with E-state index in [-0.39, 0.29) is 24.5 Å². The molecule has 2 aromatic carbocycles. The fourth-order valence-electron chi connectivity index (χ4n) is 3.28. The highest BCUT2D eigenvalue weighted by Crippen LogP contribution is 2.22. The Morgan fingerprint density at radius 2 is 1.72 bits per heavy atom. The van der Waals surface area contributed by atoms with Crippen LogP contribution < -0.4 is 15.0 Å². The van der Waals surface area contributed by atoms with Gasteiger partial charge in [-0.05, 0) is 76.2 Å². The van der Waals surface area contributed by atoms with E-state index in [9.17, 15) is 9.59 Å². The molecule has 2 amide bonds. The van der Waals surface area contributed by atoms with Gasteiger partial charge >= 0.3 is 12.0 Å². The number of hydrogen-bond donors (Lipinski definition) is 1. The topological polar surface area (TPSA) is 76.5 Å². The Morgan fingerprint density at radius 3 is 2.31 bits per heavy atom. The largest absolute Gasteiger partial charge is 0.426 e. The van der Waals surface area contributed by atoms with Gasteiger partial charge < -0.3 is 10.1 Å². The number of nitrogens with zero attached hydrogens (tertiary/aromatic N) is 3. The van der Waals surface area contributed by atoms with Crippen molar-refractivity contribution in [1.29, 1.82) is 0 Å². The Kier molecular flexibility index (Phi) is 7.20. The molecule has 0 spiro atoms. The van der Waals surface area contributed by atoms with Crippen molar-refractivity contribution in [3.8, 4) is 11.4 Å². The molecular weight excluding hydrogens is 428 g/mol. The van der Waals surface area contributed by atoms with Gasteiger partial charge in [-0.3, -0.25) is 9.69 Å². The number of benzene rings is 2. The van der Waals surface area contributed by atoms with Gasteiger partial charge in [0, 0.05) is 35.1 Å². The minimum absolute atomic E-state index is 0.0427. The second-order valence-electron chi connectivity index (χ2n) is 7.85. The third-order valence-electron chi connectivity index (χ3n) is 5.01. The number of ether oxygens (including phenoxy) is 1. The van der Waals surface area contributed by atoms with Crippen molar-refractivity contribution in [3.63, 3.8) is 0 Å². The number of anilines is 1. The lowest BCUT2D eigenvalue weighted by Crippen LogP contribution is -2.40. The summed E-state index contributed by atoms with van der Waals surface area (Å²) < 4.78 is 7.30. The second-order valence-corrected chi connectivity index (χ2v) is 8.28. The van der Waals surface area contributed by atoms with Crippen LogP contribution in [0.25, 0.3) is 5.69 Å². The second kappa shape index (κ2) is 9.87. The number of esters is 1. The van der Waals surface area contributed by atoms with Crippen molar-refractivity contribution in [3.05, 3.63) is 70.5 Å². The lowest BCUT2D eigenvalue weighted by Gasteiger charge is -2.20. The normalized spacial score (nSPS) is 10.8.